The monoisotopic (exact) mass is 255 g/mol. The molecule has 90 valence electrons. The topological polar surface area (TPSA) is 63.3 Å². The van der Waals surface area contributed by atoms with E-state index >= 15 is 0 Å². The highest BCUT2D eigenvalue weighted by atomic mass is 35.5. The lowest BCUT2D eigenvalue weighted by Crippen LogP contribution is -2.20. The summed E-state index contributed by atoms with van der Waals surface area (Å²) in [6.07, 6.45) is -2.93. The lowest BCUT2D eigenvalue weighted by molar-refractivity contribution is -0.138. The minimum absolute atomic E-state index is 0. The van der Waals surface area contributed by atoms with E-state index in [0.717, 1.165) is 12.1 Å². The Bertz CT molecular complexity index is 387. The molecule has 0 radical (unpaired) electrons. The molecule has 7 heteroatoms. The summed E-state index contributed by atoms with van der Waals surface area (Å²) in [6.45, 7) is 0. The van der Waals surface area contributed by atoms with Crippen LogP contribution in [0.3, 0.4) is 0 Å². The minimum atomic E-state index is -2.93. The third-order valence-corrected chi connectivity index (χ3v) is 1.88. The van der Waals surface area contributed by atoms with Gasteiger partial charge in [-0.25, -0.2) is 13.2 Å². The number of hydrogen-bond donors (Lipinski definition) is 2. The molecule has 0 aromatic heterocycles. The van der Waals surface area contributed by atoms with Crippen LogP contribution in [0.2, 0.25) is 0 Å². The highest BCUT2D eigenvalue weighted by molar-refractivity contribution is 5.85. The van der Waals surface area contributed by atoms with Crippen LogP contribution in [0.25, 0.3) is 0 Å². The SMILES string of the molecule is Cl.NC(C(=O)O)c1ccc(C(F)F)c(F)c1. The molecule has 1 rings (SSSR count). The van der Waals surface area contributed by atoms with Gasteiger partial charge in [0.1, 0.15) is 11.9 Å². The summed E-state index contributed by atoms with van der Waals surface area (Å²) in [5.41, 5.74) is 4.36. The Morgan fingerprint density at radius 1 is 1.38 bits per heavy atom. The summed E-state index contributed by atoms with van der Waals surface area (Å²) in [4.78, 5) is 10.4. The van der Waals surface area contributed by atoms with Crippen molar-refractivity contribution in [1.29, 1.82) is 0 Å². The van der Waals surface area contributed by atoms with Crippen LogP contribution < -0.4 is 5.73 Å². The van der Waals surface area contributed by atoms with E-state index in [9.17, 15) is 18.0 Å². The van der Waals surface area contributed by atoms with Gasteiger partial charge >= 0.3 is 5.97 Å². The van der Waals surface area contributed by atoms with Crippen molar-refractivity contribution in [2.24, 2.45) is 5.73 Å². The highest BCUT2D eigenvalue weighted by Crippen LogP contribution is 2.24. The fraction of sp³-hybridized carbons (Fsp3) is 0.222. The van der Waals surface area contributed by atoms with Crippen molar-refractivity contribution in [3.05, 3.63) is 35.1 Å². The molecule has 0 heterocycles. The first-order valence-corrected chi connectivity index (χ1v) is 3.99. The Kier molecular flexibility index (Phi) is 5.26. The lowest BCUT2D eigenvalue weighted by Gasteiger charge is -2.08. The first kappa shape index (κ1) is 14.7. The molecule has 3 N–H and O–H groups in total. The Balaban J connectivity index is 0.00000225. The molecule has 0 aliphatic heterocycles. The highest BCUT2D eigenvalue weighted by Gasteiger charge is 2.18. The van der Waals surface area contributed by atoms with E-state index in [-0.39, 0.29) is 18.0 Å². The van der Waals surface area contributed by atoms with Crippen LogP contribution in [0, 0.1) is 5.82 Å². The van der Waals surface area contributed by atoms with Crippen LogP contribution in [0.1, 0.15) is 23.6 Å². The van der Waals surface area contributed by atoms with Crippen molar-refractivity contribution in [3.8, 4) is 0 Å². The normalized spacial score (nSPS) is 12.1. The summed E-state index contributed by atoms with van der Waals surface area (Å²) in [5.74, 6) is -2.50. The van der Waals surface area contributed by atoms with E-state index in [2.05, 4.69) is 0 Å². The summed E-state index contributed by atoms with van der Waals surface area (Å²) >= 11 is 0. The van der Waals surface area contributed by atoms with Crippen LogP contribution in [0.5, 0.6) is 0 Å². The Labute approximate surface area is 95.5 Å². The molecule has 16 heavy (non-hydrogen) atoms. The van der Waals surface area contributed by atoms with E-state index in [4.69, 9.17) is 10.8 Å². The van der Waals surface area contributed by atoms with Gasteiger partial charge in [-0.05, 0) is 11.6 Å². The van der Waals surface area contributed by atoms with Crippen LogP contribution in [0.15, 0.2) is 18.2 Å². The molecule has 0 saturated heterocycles. The molecule has 0 amide bonds. The fourth-order valence-corrected chi connectivity index (χ4v) is 1.06. The summed E-state index contributed by atoms with van der Waals surface area (Å²) < 4.78 is 37.3. The van der Waals surface area contributed by atoms with Crippen LogP contribution in [0.4, 0.5) is 13.2 Å². The maximum atomic E-state index is 13.0. The molecular formula is C9H9ClF3NO2. The van der Waals surface area contributed by atoms with Crippen molar-refractivity contribution >= 4 is 18.4 Å². The van der Waals surface area contributed by atoms with Gasteiger partial charge in [-0.1, -0.05) is 12.1 Å². The smallest absolute Gasteiger partial charge is 0.325 e. The largest absolute Gasteiger partial charge is 0.480 e. The molecule has 0 spiro atoms. The molecule has 1 aromatic rings. The summed E-state index contributed by atoms with van der Waals surface area (Å²) in [6, 6.07) is 1.20. The van der Waals surface area contributed by atoms with Crippen molar-refractivity contribution in [2.75, 3.05) is 0 Å². The van der Waals surface area contributed by atoms with Gasteiger partial charge in [0.2, 0.25) is 0 Å². The maximum Gasteiger partial charge on any atom is 0.325 e. The average Bonchev–Trinajstić information content (AvgIpc) is 2.15. The van der Waals surface area contributed by atoms with E-state index in [0.29, 0.717) is 6.07 Å². The molecule has 0 aliphatic carbocycles. The van der Waals surface area contributed by atoms with Crippen molar-refractivity contribution in [2.45, 2.75) is 12.5 Å². The van der Waals surface area contributed by atoms with Crippen molar-refractivity contribution in [1.82, 2.24) is 0 Å². The summed E-state index contributed by atoms with van der Waals surface area (Å²) in [5, 5.41) is 8.51. The van der Waals surface area contributed by atoms with Gasteiger partial charge in [-0.2, -0.15) is 0 Å². The van der Waals surface area contributed by atoms with Gasteiger partial charge in [0, 0.05) is 0 Å². The molecule has 0 saturated carbocycles. The summed E-state index contributed by atoms with van der Waals surface area (Å²) in [7, 11) is 0. The van der Waals surface area contributed by atoms with Gasteiger partial charge in [0.15, 0.2) is 0 Å². The number of carboxylic acid groups (broad SMARTS) is 1. The number of rotatable bonds is 3. The van der Waals surface area contributed by atoms with E-state index in [1.807, 2.05) is 0 Å². The zero-order valence-corrected chi connectivity index (χ0v) is 8.68. The molecular weight excluding hydrogens is 247 g/mol. The van der Waals surface area contributed by atoms with Gasteiger partial charge < -0.3 is 10.8 Å². The second-order valence-electron chi connectivity index (χ2n) is 2.90. The number of benzene rings is 1. The minimum Gasteiger partial charge on any atom is -0.480 e. The number of aliphatic carboxylic acids is 1. The zero-order chi connectivity index (χ0) is 11.6. The molecule has 0 fully saturated rings. The molecule has 0 aliphatic rings. The first-order valence-electron chi connectivity index (χ1n) is 3.99. The molecule has 1 unspecified atom stereocenters. The van der Waals surface area contributed by atoms with Gasteiger partial charge in [0.25, 0.3) is 6.43 Å². The lowest BCUT2D eigenvalue weighted by atomic mass is 10.1. The predicted molar refractivity (Wildman–Crippen MR) is 53.2 cm³/mol. The fourth-order valence-electron chi connectivity index (χ4n) is 1.06. The van der Waals surface area contributed by atoms with Crippen LogP contribution >= 0.6 is 12.4 Å². The second-order valence-corrected chi connectivity index (χ2v) is 2.90. The van der Waals surface area contributed by atoms with E-state index < -0.39 is 29.8 Å². The van der Waals surface area contributed by atoms with Crippen LogP contribution in [-0.2, 0) is 4.79 Å². The van der Waals surface area contributed by atoms with Gasteiger partial charge in [-0.3, -0.25) is 4.79 Å². The number of carboxylic acids is 1. The van der Waals surface area contributed by atoms with E-state index in [1.165, 1.54) is 0 Å². The third-order valence-electron chi connectivity index (χ3n) is 1.88. The number of alkyl halides is 2. The molecule has 1 atom stereocenters. The standard InChI is InChI=1S/C9H8F3NO2.ClH/c10-6-3-4(7(13)9(14)15)1-2-5(6)8(11)12;/h1-3,7-8H,13H2,(H,14,15);1H. The molecule has 3 nitrogen and oxygen atoms in total. The first-order chi connectivity index (χ1) is 6.93. The van der Waals surface area contributed by atoms with Crippen molar-refractivity contribution < 1.29 is 23.1 Å². The molecule has 1 aromatic carbocycles. The Morgan fingerprint density at radius 2 is 1.94 bits per heavy atom. The van der Waals surface area contributed by atoms with Gasteiger partial charge in [0.05, 0.1) is 5.56 Å². The van der Waals surface area contributed by atoms with Gasteiger partial charge in [-0.15, -0.1) is 12.4 Å². The quantitative estimate of drug-likeness (QED) is 0.871. The number of nitrogens with two attached hydrogens (primary N) is 1. The predicted octanol–water partition coefficient (Wildman–Crippen LogP) is 2.27. The Hall–Kier alpha value is -1.27. The van der Waals surface area contributed by atoms with Crippen LogP contribution in [-0.4, -0.2) is 11.1 Å². The van der Waals surface area contributed by atoms with Crippen molar-refractivity contribution in [3.63, 3.8) is 0 Å². The van der Waals surface area contributed by atoms with E-state index in [1.54, 1.807) is 0 Å². The number of halogens is 4. The zero-order valence-electron chi connectivity index (χ0n) is 7.86. The number of hydrogen-bond acceptors (Lipinski definition) is 2. The number of carbonyl (C=O) groups is 1. The third kappa shape index (κ3) is 3.11. The second kappa shape index (κ2) is 5.72. The maximum absolute atomic E-state index is 13.0. The molecule has 0 bridgehead atoms. The Morgan fingerprint density at radius 3 is 2.31 bits per heavy atom. The average molecular weight is 256 g/mol.